The van der Waals surface area contributed by atoms with Gasteiger partial charge in [-0.05, 0) is 37.0 Å². The largest absolute Gasteiger partial charge is 0.418 e. The minimum atomic E-state index is -4.59. The maximum atomic E-state index is 13.6. The van der Waals surface area contributed by atoms with Crippen molar-refractivity contribution < 1.29 is 27.8 Å². The predicted molar refractivity (Wildman–Crippen MR) is 103 cm³/mol. The average Bonchev–Trinajstić information content (AvgIpc) is 3.02. The number of nitrogens with zero attached hydrogens (tertiary/aromatic N) is 1. The molecule has 0 unspecified atom stereocenters. The van der Waals surface area contributed by atoms with Crippen molar-refractivity contribution in [2.75, 3.05) is 20.3 Å². The van der Waals surface area contributed by atoms with Crippen LogP contribution < -0.4 is 5.32 Å². The van der Waals surface area contributed by atoms with Crippen LogP contribution in [0.1, 0.15) is 54.2 Å². The minimum Gasteiger partial charge on any atom is -0.388 e. The number of methoxy groups -OCH3 is 1. The zero-order valence-electron chi connectivity index (χ0n) is 16.7. The Kier molecular flexibility index (Phi) is 6.24. The number of rotatable bonds is 6. The Bertz CT molecular complexity index is 878. The lowest BCUT2D eigenvalue weighted by atomic mass is 9.79. The molecule has 0 bridgehead atoms. The summed E-state index contributed by atoms with van der Waals surface area (Å²) >= 11 is 0. The van der Waals surface area contributed by atoms with Gasteiger partial charge in [-0.1, -0.05) is 19.8 Å². The molecule has 0 saturated heterocycles. The summed E-state index contributed by atoms with van der Waals surface area (Å²) < 4.78 is 47.2. The Labute approximate surface area is 167 Å². The van der Waals surface area contributed by atoms with Gasteiger partial charge in [-0.3, -0.25) is 4.79 Å². The molecule has 2 N–H and O–H groups in total. The molecule has 1 fully saturated rings. The van der Waals surface area contributed by atoms with Gasteiger partial charge in [0.25, 0.3) is 5.91 Å². The highest BCUT2D eigenvalue weighted by molar-refractivity contribution is 6.02. The Hall–Kier alpha value is -2.06. The summed E-state index contributed by atoms with van der Waals surface area (Å²) in [5.74, 6) is -0.270. The highest BCUT2D eigenvalue weighted by Gasteiger charge is 2.36. The van der Waals surface area contributed by atoms with E-state index in [1.165, 1.54) is 29.8 Å². The molecule has 29 heavy (non-hydrogen) atoms. The van der Waals surface area contributed by atoms with Gasteiger partial charge in [0, 0.05) is 32.0 Å². The summed E-state index contributed by atoms with van der Waals surface area (Å²) in [7, 11) is 1.51. The monoisotopic (exact) mass is 412 g/mol. The van der Waals surface area contributed by atoms with Gasteiger partial charge in [-0.15, -0.1) is 0 Å². The maximum absolute atomic E-state index is 13.6. The average molecular weight is 412 g/mol. The second kappa shape index (κ2) is 8.36. The number of amides is 1. The highest BCUT2D eigenvalue weighted by atomic mass is 19.4. The number of ether oxygens (including phenoxy) is 1. The number of pyridine rings is 1. The molecule has 0 aromatic carbocycles. The molecule has 5 nitrogen and oxygen atoms in total. The molecule has 0 aliphatic heterocycles. The van der Waals surface area contributed by atoms with E-state index in [0.29, 0.717) is 37.5 Å². The summed E-state index contributed by atoms with van der Waals surface area (Å²) in [6, 6.07) is 3.77. The molecule has 2 heterocycles. The zero-order valence-corrected chi connectivity index (χ0v) is 16.7. The van der Waals surface area contributed by atoms with E-state index in [1.807, 2.05) is 6.92 Å². The van der Waals surface area contributed by atoms with Gasteiger partial charge in [-0.2, -0.15) is 13.2 Å². The topological polar surface area (TPSA) is 63.0 Å². The van der Waals surface area contributed by atoms with E-state index in [-0.39, 0.29) is 17.6 Å². The van der Waals surface area contributed by atoms with Gasteiger partial charge < -0.3 is 19.6 Å². The van der Waals surface area contributed by atoms with Gasteiger partial charge in [0.1, 0.15) is 0 Å². The lowest BCUT2D eigenvalue weighted by molar-refractivity contribution is -0.136. The Balaban J connectivity index is 1.93. The van der Waals surface area contributed by atoms with Crippen molar-refractivity contribution in [2.45, 2.75) is 50.8 Å². The minimum absolute atomic E-state index is 0.0229. The summed E-state index contributed by atoms with van der Waals surface area (Å²) in [6.45, 7) is 2.39. The quantitative estimate of drug-likeness (QED) is 0.758. The predicted octanol–water partition coefficient (Wildman–Crippen LogP) is 3.82. The third-order valence-corrected chi connectivity index (χ3v) is 5.63. The molecule has 1 aliphatic carbocycles. The number of aliphatic hydroxyl groups is 1. The first kappa shape index (κ1) is 21.6. The first-order chi connectivity index (χ1) is 13.6. The number of carbonyl (C=O) groups excluding carboxylic acids is 1. The van der Waals surface area contributed by atoms with Crippen LogP contribution in [0, 0.1) is 5.92 Å². The summed E-state index contributed by atoms with van der Waals surface area (Å²) in [5.41, 5.74) is -1.54. The van der Waals surface area contributed by atoms with Crippen LogP contribution in [0.15, 0.2) is 24.4 Å². The van der Waals surface area contributed by atoms with E-state index in [0.717, 1.165) is 18.9 Å². The SMILES string of the molecule is COCCc1cc(C(=O)NC[C@@]2(O)CCC[C@@H](C)C2)c2c(C(F)(F)F)cccn12. The van der Waals surface area contributed by atoms with Crippen LogP contribution in [0.25, 0.3) is 5.52 Å². The lowest BCUT2D eigenvalue weighted by Gasteiger charge is -2.35. The number of hydrogen-bond donors (Lipinski definition) is 2. The van der Waals surface area contributed by atoms with Gasteiger partial charge in [0.2, 0.25) is 0 Å². The molecule has 0 radical (unpaired) electrons. The van der Waals surface area contributed by atoms with Crippen LogP contribution in [0.3, 0.4) is 0 Å². The summed E-state index contributed by atoms with van der Waals surface area (Å²) in [5, 5.41) is 13.4. The van der Waals surface area contributed by atoms with Crippen LogP contribution >= 0.6 is 0 Å². The van der Waals surface area contributed by atoms with Crippen molar-refractivity contribution in [1.82, 2.24) is 9.72 Å². The van der Waals surface area contributed by atoms with E-state index in [4.69, 9.17) is 4.74 Å². The second-order valence-corrected chi connectivity index (χ2v) is 8.04. The van der Waals surface area contributed by atoms with Crippen LogP contribution in [0.5, 0.6) is 0 Å². The number of halogens is 3. The molecule has 3 rings (SSSR count). The first-order valence-electron chi connectivity index (χ1n) is 9.84. The number of alkyl halides is 3. The normalized spacial score (nSPS) is 22.8. The smallest absolute Gasteiger partial charge is 0.388 e. The first-order valence-corrected chi connectivity index (χ1v) is 9.84. The molecule has 2 aromatic heterocycles. The molecule has 1 saturated carbocycles. The van der Waals surface area contributed by atoms with E-state index >= 15 is 0 Å². The molecular weight excluding hydrogens is 385 g/mol. The van der Waals surface area contributed by atoms with Gasteiger partial charge in [0.15, 0.2) is 0 Å². The molecule has 2 aromatic rings. The van der Waals surface area contributed by atoms with Crippen molar-refractivity contribution >= 4 is 11.4 Å². The van der Waals surface area contributed by atoms with Crippen molar-refractivity contribution in [1.29, 1.82) is 0 Å². The van der Waals surface area contributed by atoms with Gasteiger partial charge in [0.05, 0.1) is 28.9 Å². The molecule has 0 spiro atoms. The molecule has 8 heteroatoms. The van der Waals surface area contributed by atoms with Crippen molar-refractivity contribution in [2.24, 2.45) is 5.92 Å². The van der Waals surface area contributed by atoms with Crippen molar-refractivity contribution in [3.63, 3.8) is 0 Å². The maximum Gasteiger partial charge on any atom is 0.418 e. The number of aromatic nitrogens is 1. The third-order valence-electron chi connectivity index (χ3n) is 5.63. The van der Waals surface area contributed by atoms with Crippen molar-refractivity contribution in [3.05, 3.63) is 41.2 Å². The molecule has 160 valence electrons. The third kappa shape index (κ3) is 4.75. The summed E-state index contributed by atoms with van der Waals surface area (Å²) in [4.78, 5) is 12.9. The van der Waals surface area contributed by atoms with E-state index in [2.05, 4.69) is 5.32 Å². The van der Waals surface area contributed by atoms with Crippen LogP contribution in [0.4, 0.5) is 13.2 Å². The Morgan fingerprint density at radius 2 is 2.21 bits per heavy atom. The number of fused-ring (bicyclic) bond motifs is 1. The van der Waals surface area contributed by atoms with Crippen LogP contribution in [0.2, 0.25) is 0 Å². The molecule has 1 amide bonds. The van der Waals surface area contributed by atoms with Gasteiger partial charge in [-0.25, -0.2) is 0 Å². The van der Waals surface area contributed by atoms with E-state index < -0.39 is 23.2 Å². The lowest BCUT2D eigenvalue weighted by Crippen LogP contribution is -2.45. The standard InChI is InChI=1S/C21H27F3N2O3/c1-14-5-3-8-20(28,12-14)13-25-19(27)16-11-15(7-10-29-2)26-9-4-6-17(18(16)26)21(22,23)24/h4,6,9,11,14,28H,3,5,7-8,10,12-13H2,1-2H3,(H,25,27)/t14-,20-/m1/s1. The van der Waals surface area contributed by atoms with Gasteiger partial charge >= 0.3 is 6.18 Å². The van der Waals surface area contributed by atoms with Crippen LogP contribution in [-0.2, 0) is 17.3 Å². The highest BCUT2D eigenvalue weighted by Crippen LogP contribution is 2.35. The Morgan fingerprint density at radius 1 is 1.45 bits per heavy atom. The van der Waals surface area contributed by atoms with Crippen molar-refractivity contribution in [3.8, 4) is 0 Å². The Morgan fingerprint density at radius 3 is 2.86 bits per heavy atom. The number of nitrogens with one attached hydrogen (secondary N) is 1. The summed E-state index contributed by atoms with van der Waals surface area (Å²) in [6.07, 6.45) is 0.319. The number of hydrogen-bond acceptors (Lipinski definition) is 3. The molecule has 1 aliphatic rings. The van der Waals surface area contributed by atoms with E-state index in [9.17, 15) is 23.1 Å². The fourth-order valence-corrected chi connectivity index (χ4v) is 4.26. The second-order valence-electron chi connectivity index (χ2n) is 8.04. The fourth-order valence-electron chi connectivity index (χ4n) is 4.26. The zero-order chi connectivity index (χ0) is 21.2. The number of carbonyl (C=O) groups is 1. The van der Waals surface area contributed by atoms with Crippen LogP contribution in [-0.4, -0.2) is 41.3 Å². The van der Waals surface area contributed by atoms with E-state index in [1.54, 1.807) is 0 Å². The molecule has 2 atom stereocenters. The fraction of sp³-hybridized carbons (Fsp3) is 0.571. The molecular formula is C21H27F3N2O3.